The zero-order valence-electron chi connectivity index (χ0n) is 15.3. The number of likely N-dealkylation sites (N-methyl/N-ethyl adjacent to an activating group) is 1. The number of benzene rings is 2. The van der Waals surface area contributed by atoms with Gasteiger partial charge in [-0.05, 0) is 24.3 Å². The van der Waals surface area contributed by atoms with Gasteiger partial charge in [0.1, 0.15) is 22.6 Å². The SMILES string of the molecule is CN(C)c1ccc([C@H](CNS(=O)(=O)c2ccc(F)cc2F)[NH+](C)C)cc1. The molecule has 0 aliphatic rings. The first-order valence-electron chi connectivity index (χ1n) is 8.14. The van der Waals surface area contributed by atoms with Crippen LogP contribution in [0.25, 0.3) is 0 Å². The molecule has 0 aromatic heterocycles. The summed E-state index contributed by atoms with van der Waals surface area (Å²) in [5, 5.41) is 0. The lowest BCUT2D eigenvalue weighted by atomic mass is 10.1. The number of anilines is 1. The van der Waals surface area contributed by atoms with E-state index >= 15 is 0 Å². The van der Waals surface area contributed by atoms with Crippen LogP contribution in [-0.2, 0) is 10.0 Å². The van der Waals surface area contributed by atoms with Gasteiger partial charge >= 0.3 is 0 Å². The Balaban J connectivity index is 2.20. The van der Waals surface area contributed by atoms with Crippen LogP contribution >= 0.6 is 0 Å². The van der Waals surface area contributed by atoms with Gasteiger partial charge in [0.05, 0.1) is 20.6 Å². The molecule has 0 saturated carbocycles. The van der Waals surface area contributed by atoms with Gasteiger partial charge in [-0.1, -0.05) is 12.1 Å². The third kappa shape index (κ3) is 4.78. The Hall–Kier alpha value is -2.03. The lowest BCUT2D eigenvalue weighted by Crippen LogP contribution is -3.07. The van der Waals surface area contributed by atoms with E-state index in [1.807, 2.05) is 57.4 Å². The van der Waals surface area contributed by atoms with Gasteiger partial charge in [-0.15, -0.1) is 0 Å². The molecule has 2 N–H and O–H groups in total. The minimum atomic E-state index is -4.08. The lowest BCUT2D eigenvalue weighted by Gasteiger charge is -2.23. The van der Waals surface area contributed by atoms with Crippen molar-refractivity contribution in [2.45, 2.75) is 10.9 Å². The monoisotopic (exact) mass is 384 g/mol. The summed E-state index contributed by atoms with van der Waals surface area (Å²) in [6.07, 6.45) is 0. The van der Waals surface area contributed by atoms with Crippen LogP contribution in [0.2, 0.25) is 0 Å². The highest BCUT2D eigenvalue weighted by molar-refractivity contribution is 7.89. The first-order valence-corrected chi connectivity index (χ1v) is 9.62. The molecule has 0 fully saturated rings. The molecule has 2 aromatic rings. The fourth-order valence-corrected chi connectivity index (χ4v) is 3.73. The van der Waals surface area contributed by atoms with Crippen molar-refractivity contribution in [2.75, 3.05) is 39.6 Å². The maximum absolute atomic E-state index is 13.8. The lowest BCUT2D eigenvalue weighted by molar-refractivity contribution is -0.890. The molecule has 26 heavy (non-hydrogen) atoms. The van der Waals surface area contributed by atoms with E-state index in [-0.39, 0.29) is 12.6 Å². The van der Waals surface area contributed by atoms with Crippen LogP contribution in [-0.4, -0.2) is 43.2 Å². The van der Waals surface area contributed by atoms with E-state index < -0.39 is 26.6 Å². The van der Waals surface area contributed by atoms with Crippen LogP contribution in [0.15, 0.2) is 47.4 Å². The number of quaternary nitrogens is 1. The molecule has 0 heterocycles. The Kier molecular flexibility index (Phi) is 6.33. The van der Waals surface area contributed by atoms with Gasteiger partial charge in [0.15, 0.2) is 0 Å². The van der Waals surface area contributed by atoms with Crippen LogP contribution in [0, 0.1) is 11.6 Å². The first kappa shape index (κ1) is 20.3. The predicted molar refractivity (Wildman–Crippen MR) is 97.9 cm³/mol. The fraction of sp³-hybridized carbons (Fsp3) is 0.333. The van der Waals surface area contributed by atoms with Crippen molar-refractivity contribution in [3.05, 3.63) is 59.7 Å². The average molecular weight is 384 g/mol. The number of sulfonamides is 1. The molecule has 2 aromatic carbocycles. The van der Waals surface area contributed by atoms with E-state index in [9.17, 15) is 17.2 Å². The molecule has 5 nitrogen and oxygen atoms in total. The Morgan fingerprint density at radius 1 is 1.08 bits per heavy atom. The fourth-order valence-electron chi connectivity index (χ4n) is 2.62. The van der Waals surface area contributed by atoms with Gasteiger partial charge in [0.2, 0.25) is 10.0 Å². The Morgan fingerprint density at radius 3 is 2.19 bits per heavy atom. The number of hydrogen-bond acceptors (Lipinski definition) is 3. The third-order valence-corrected chi connectivity index (χ3v) is 5.63. The average Bonchev–Trinajstić information content (AvgIpc) is 2.54. The molecule has 2 rings (SSSR count). The van der Waals surface area contributed by atoms with Crippen molar-refractivity contribution in [3.63, 3.8) is 0 Å². The molecule has 8 heteroatoms. The number of halogens is 2. The minimum Gasteiger partial charge on any atom is -0.378 e. The maximum atomic E-state index is 13.8. The molecular formula is C18H24F2N3O2S+. The van der Waals surface area contributed by atoms with Crippen molar-refractivity contribution < 1.29 is 22.1 Å². The molecule has 0 radical (unpaired) electrons. The molecule has 0 aliphatic carbocycles. The molecule has 0 amide bonds. The van der Waals surface area contributed by atoms with E-state index in [4.69, 9.17) is 0 Å². The van der Waals surface area contributed by atoms with Crippen molar-refractivity contribution in [3.8, 4) is 0 Å². The Bertz CT molecular complexity index is 853. The molecule has 0 saturated heterocycles. The first-order chi connectivity index (χ1) is 12.1. The molecule has 142 valence electrons. The van der Waals surface area contributed by atoms with Gasteiger partial charge in [-0.3, -0.25) is 0 Å². The van der Waals surface area contributed by atoms with Crippen LogP contribution in [0.1, 0.15) is 11.6 Å². The van der Waals surface area contributed by atoms with Crippen molar-refractivity contribution in [1.29, 1.82) is 0 Å². The highest BCUT2D eigenvalue weighted by atomic mass is 32.2. The Morgan fingerprint density at radius 2 is 1.69 bits per heavy atom. The molecular weight excluding hydrogens is 360 g/mol. The number of rotatable bonds is 7. The van der Waals surface area contributed by atoms with Gasteiger partial charge < -0.3 is 9.80 Å². The second-order valence-electron chi connectivity index (χ2n) is 6.54. The highest BCUT2D eigenvalue weighted by Gasteiger charge is 2.24. The standard InChI is InChI=1S/C18H23F2N3O2S/c1-22(2)15-8-5-13(6-9-15)17(23(3)4)12-21-26(24,25)18-10-7-14(19)11-16(18)20/h5-11,17,21H,12H2,1-4H3/p+1/t17-/m0/s1. The van der Waals surface area contributed by atoms with E-state index in [0.29, 0.717) is 6.07 Å². The number of nitrogens with zero attached hydrogens (tertiary/aromatic N) is 1. The normalized spacial score (nSPS) is 13.0. The van der Waals surface area contributed by atoms with Crippen molar-refractivity contribution in [1.82, 2.24) is 4.72 Å². The third-order valence-electron chi connectivity index (χ3n) is 4.17. The largest absolute Gasteiger partial charge is 0.378 e. The molecule has 0 spiro atoms. The predicted octanol–water partition coefficient (Wildman–Crippen LogP) is 1.19. The van der Waals surface area contributed by atoms with E-state index in [0.717, 1.165) is 28.3 Å². The van der Waals surface area contributed by atoms with E-state index in [1.54, 1.807) is 0 Å². The van der Waals surface area contributed by atoms with E-state index in [1.165, 1.54) is 0 Å². The summed E-state index contributed by atoms with van der Waals surface area (Å²) in [7, 11) is 3.63. The molecule has 0 unspecified atom stereocenters. The van der Waals surface area contributed by atoms with Gasteiger partial charge in [-0.25, -0.2) is 21.9 Å². The van der Waals surface area contributed by atoms with Crippen molar-refractivity contribution in [2.24, 2.45) is 0 Å². The second kappa shape index (κ2) is 8.11. The molecule has 0 aliphatic heterocycles. The zero-order chi connectivity index (χ0) is 19.5. The van der Waals surface area contributed by atoms with Crippen LogP contribution in [0.4, 0.5) is 14.5 Å². The van der Waals surface area contributed by atoms with Gasteiger partial charge in [0.25, 0.3) is 0 Å². The minimum absolute atomic E-state index is 0.0861. The smallest absolute Gasteiger partial charge is 0.243 e. The number of nitrogens with one attached hydrogen (secondary N) is 2. The van der Waals surface area contributed by atoms with Crippen LogP contribution in [0.5, 0.6) is 0 Å². The molecule has 1 atom stereocenters. The topological polar surface area (TPSA) is 53.9 Å². The summed E-state index contributed by atoms with van der Waals surface area (Å²) in [6.45, 7) is 0.0861. The van der Waals surface area contributed by atoms with E-state index in [2.05, 4.69) is 4.72 Å². The number of hydrogen-bond donors (Lipinski definition) is 2. The second-order valence-corrected chi connectivity index (χ2v) is 8.28. The summed E-state index contributed by atoms with van der Waals surface area (Å²) in [6, 6.07) is 10.1. The van der Waals surface area contributed by atoms with Crippen molar-refractivity contribution >= 4 is 15.7 Å². The maximum Gasteiger partial charge on any atom is 0.243 e. The summed E-state index contributed by atoms with van der Waals surface area (Å²) in [5.41, 5.74) is 1.99. The van der Waals surface area contributed by atoms with Crippen LogP contribution < -0.4 is 14.5 Å². The summed E-state index contributed by atoms with van der Waals surface area (Å²) < 4.78 is 54.0. The summed E-state index contributed by atoms with van der Waals surface area (Å²) in [5.74, 6) is -1.93. The van der Waals surface area contributed by atoms with Gasteiger partial charge in [-0.2, -0.15) is 0 Å². The quantitative estimate of drug-likeness (QED) is 0.754. The highest BCUT2D eigenvalue weighted by Crippen LogP contribution is 2.18. The van der Waals surface area contributed by atoms with Crippen LogP contribution in [0.3, 0.4) is 0 Å². The molecule has 0 bridgehead atoms. The van der Waals surface area contributed by atoms with Gasteiger partial charge in [0, 0.05) is 31.4 Å². The Labute approximate surface area is 153 Å². The zero-order valence-corrected chi connectivity index (χ0v) is 16.1. The summed E-state index contributed by atoms with van der Waals surface area (Å²) in [4.78, 5) is 2.43. The summed E-state index contributed by atoms with van der Waals surface area (Å²) >= 11 is 0.